The Morgan fingerprint density at radius 1 is 0.562 bits per heavy atom. The lowest BCUT2D eigenvalue weighted by molar-refractivity contribution is -0.220. The van der Waals surface area contributed by atoms with E-state index in [-0.39, 0.29) is 12.8 Å². The summed E-state index contributed by atoms with van der Waals surface area (Å²) >= 11 is 0. The molecule has 7 N–H and O–H groups in total. The van der Waals surface area contributed by atoms with Crippen LogP contribution in [-0.2, 0) is 32.7 Å². The Morgan fingerprint density at radius 2 is 1.03 bits per heavy atom. The first-order valence-electron chi connectivity index (χ1n) is 23.5. The van der Waals surface area contributed by atoms with Crippen LogP contribution in [0.4, 0.5) is 0 Å². The van der Waals surface area contributed by atoms with E-state index in [1.807, 2.05) is 18.2 Å². The average Bonchev–Trinajstić information content (AvgIpc) is 3.27. The molecule has 0 amide bonds. The molecule has 1 fully saturated rings. The lowest BCUT2D eigenvalue weighted by Gasteiger charge is -2.41. The fourth-order valence-electron chi connectivity index (χ4n) is 6.58. The number of aliphatic hydroxyl groups is 6. The van der Waals surface area contributed by atoms with E-state index in [9.17, 15) is 49.7 Å². The van der Waals surface area contributed by atoms with Crippen molar-refractivity contribution in [1.29, 1.82) is 0 Å². The zero-order valence-corrected chi connectivity index (χ0v) is 39.3. The standard InChI is InChI=1S/C49H81O14P/c1-3-5-7-9-11-12-13-14-15-16-17-18-19-20-21-22-24-28-33-37-43(52)62-41(39-61-64(58,59)63-49-47(56)45(54)44(53)46(55)48(49)57)38-60-42(51)36-32-29-25-27-31-35-40(50)34-30-26-23-10-8-6-4-2/h5-8,11-12,14-15,17-18,23,26,30,34,40-41,44-50,53-57H,3-4,9-10,13,16,19-22,24-25,27-29,31-33,35-39H2,1-2H3,(H,58,59)/b7-5-,8-6+,12-11-,15-14-,18-17-,26-23+,34-30+/t40?,41-,44?,45-,46+,47-,48-,49?/m1/s1. The number of hydrogen-bond donors (Lipinski definition) is 7. The number of carbonyl (C=O) groups is 2. The highest BCUT2D eigenvalue weighted by Crippen LogP contribution is 2.47. The number of ether oxygens (including phenoxy) is 2. The molecule has 9 atom stereocenters. The molecule has 1 aliphatic rings. The van der Waals surface area contributed by atoms with Gasteiger partial charge >= 0.3 is 19.8 Å². The summed E-state index contributed by atoms with van der Waals surface area (Å²) in [4.78, 5) is 35.7. The Morgan fingerprint density at radius 3 is 1.61 bits per heavy atom. The topological polar surface area (TPSA) is 230 Å². The first kappa shape index (κ1) is 59.0. The molecule has 0 radical (unpaired) electrons. The second-order valence-corrected chi connectivity index (χ2v) is 17.5. The Kier molecular flexibility index (Phi) is 35.2. The minimum Gasteiger partial charge on any atom is -0.462 e. The second-order valence-electron chi connectivity index (χ2n) is 16.0. The molecule has 0 aromatic heterocycles. The molecule has 15 heteroatoms. The molecule has 0 aliphatic heterocycles. The van der Waals surface area contributed by atoms with Crippen LogP contribution in [0.15, 0.2) is 85.1 Å². The van der Waals surface area contributed by atoms with Crippen molar-refractivity contribution in [3.8, 4) is 0 Å². The van der Waals surface area contributed by atoms with Crippen molar-refractivity contribution in [1.82, 2.24) is 0 Å². The van der Waals surface area contributed by atoms with Crippen LogP contribution >= 0.6 is 7.82 Å². The third-order valence-corrected chi connectivity index (χ3v) is 11.3. The zero-order valence-electron chi connectivity index (χ0n) is 38.4. The van der Waals surface area contributed by atoms with Gasteiger partial charge in [0.05, 0.1) is 12.7 Å². The molecular weight excluding hydrogens is 843 g/mol. The molecule has 0 saturated heterocycles. The first-order chi connectivity index (χ1) is 30.8. The summed E-state index contributed by atoms with van der Waals surface area (Å²) in [6, 6.07) is 0. The van der Waals surface area contributed by atoms with Crippen LogP contribution in [0.5, 0.6) is 0 Å². The van der Waals surface area contributed by atoms with Gasteiger partial charge in [-0.1, -0.05) is 150 Å². The summed E-state index contributed by atoms with van der Waals surface area (Å²) in [6.07, 6.45) is 32.1. The first-order valence-corrected chi connectivity index (χ1v) is 25.0. The van der Waals surface area contributed by atoms with Crippen LogP contribution in [0.3, 0.4) is 0 Å². The van der Waals surface area contributed by atoms with Gasteiger partial charge in [0.15, 0.2) is 6.10 Å². The van der Waals surface area contributed by atoms with Crippen molar-refractivity contribution < 1.29 is 68.2 Å². The quantitative estimate of drug-likeness (QED) is 0.0102. The number of rotatable bonds is 37. The third-order valence-electron chi connectivity index (χ3n) is 10.3. The van der Waals surface area contributed by atoms with Crippen molar-refractivity contribution >= 4 is 19.8 Å². The number of esters is 2. The van der Waals surface area contributed by atoms with E-state index in [0.717, 1.165) is 103 Å². The predicted molar refractivity (Wildman–Crippen MR) is 250 cm³/mol. The number of hydrogen-bond acceptors (Lipinski definition) is 13. The van der Waals surface area contributed by atoms with Gasteiger partial charge in [0, 0.05) is 12.8 Å². The van der Waals surface area contributed by atoms with E-state index in [1.54, 1.807) is 6.08 Å². The van der Waals surface area contributed by atoms with Gasteiger partial charge < -0.3 is 45.0 Å². The molecule has 0 aromatic rings. The molecule has 0 spiro atoms. The van der Waals surface area contributed by atoms with Crippen LogP contribution in [0, 0.1) is 0 Å². The highest BCUT2D eigenvalue weighted by molar-refractivity contribution is 7.47. The van der Waals surface area contributed by atoms with Crippen LogP contribution < -0.4 is 0 Å². The Hall–Kier alpha value is -3.01. The fourth-order valence-corrected chi connectivity index (χ4v) is 7.55. The molecule has 1 saturated carbocycles. The summed E-state index contributed by atoms with van der Waals surface area (Å²) < 4.78 is 33.5. The number of carbonyl (C=O) groups excluding carboxylic acids is 2. The van der Waals surface area contributed by atoms with Crippen molar-refractivity contribution in [2.24, 2.45) is 0 Å². The van der Waals surface area contributed by atoms with Crippen molar-refractivity contribution in [2.75, 3.05) is 13.2 Å². The van der Waals surface area contributed by atoms with Gasteiger partial charge in [0.1, 0.15) is 43.2 Å². The highest BCUT2D eigenvalue weighted by Gasteiger charge is 2.51. The number of aliphatic hydroxyl groups excluding tert-OH is 6. The smallest absolute Gasteiger partial charge is 0.462 e. The molecule has 366 valence electrons. The van der Waals surface area contributed by atoms with E-state index in [1.165, 1.54) is 0 Å². The lowest BCUT2D eigenvalue weighted by Crippen LogP contribution is -2.64. The molecule has 64 heavy (non-hydrogen) atoms. The maximum absolute atomic E-state index is 12.8. The van der Waals surface area contributed by atoms with Gasteiger partial charge in [-0.3, -0.25) is 18.6 Å². The summed E-state index contributed by atoms with van der Waals surface area (Å²) in [6.45, 7) is 2.95. The molecule has 14 nitrogen and oxygen atoms in total. The van der Waals surface area contributed by atoms with Crippen molar-refractivity contribution in [3.63, 3.8) is 0 Å². The SMILES string of the molecule is CC/C=C\C/C=C\C/C=C\C/C=C\CCCCCCCCC(=O)O[C@H](COC(=O)CCCCCCCC(O)/C=C/C=C/C/C=C/CC)COP(=O)(O)OC1[C@H](O)[C@H](O)C(O)[C@H](O)[C@H]1O. The van der Waals surface area contributed by atoms with Gasteiger partial charge in [-0.05, 0) is 70.6 Å². The van der Waals surface area contributed by atoms with Crippen molar-refractivity contribution in [3.05, 3.63) is 85.1 Å². The van der Waals surface area contributed by atoms with E-state index in [0.29, 0.717) is 19.3 Å². The Bertz CT molecular complexity index is 1460. The maximum Gasteiger partial charge on any atom is 0.472 e. The van der Waals surface area contributed by atoms with Gasteiger partial charge in [-0.25, -0.2) is 4.57 Å². The summed E-state index contributed by atoms with van der Waals surface area (Å²) in [5.41, 5.74) is 0. The molecular formula is C49H81O14P. The second kappa shape index (κ2) is 38.1. The normalized spacial score (nSPS) is 22.8. The number of phosphoric acid groups is 1. The van der Waals surface area contributed by atoms with Crippen LogP contribution in [-0.4, -0.2) is 110 Å². The van der Waals surface area contributed by atoms with E-state index >= 15 is 0 Å². The minimum atomic E-state index is -5.15. The Balaban J connectivity index is 2.50. The van der Waals surface area contributed by atoms with Gasteiger partial charge in [0.2, 0.25) is 0 Å². The highest BCUT2D eigenvalue weighted by atomic mass is 31.2. The van der Waals surface area contributed by atoms with Gasteiger partial charge in [0.25, 0.3) is 0 Å². The fraction of sp³-hybridized carbons (Fsp3) is 0.673. The third kappa shape index (κ3) is 30.2. The van der Waals surface area contributed by atoms with Crippen LogP contribution in [0.2, 0.25) is 0 Å². The summed E-state index contributed by atoms with van der Waals surface area (Å²) in [7, 11) is -5.15. The van der Waals surface area contributed by atoms with Gasteiger partial charge in [-0.2, -0.15) is 0 Å². The number of unbranched alkanes of at least 4 members (excludes halogenated alkanes) is 10. The predicted octanol–water partition coefficient (Wildman–Crippen LogP) is 8.25. The summed E-state index contributed by atoms with van der Waals surface area (Å²) in [5.74, 6) is -1.20. The molecule has 4 unspecified atom stereocenters. The molecule has 1 aliphatic carbocycles. The largest absolute Gasteiger partial charge is 0.472 e. The maximum atomic E-state index is 12.8. The van der Waals surface area contributed by atoms with E-state index < -0.39 is 81.8 Å². The van der Waals surface area contributed by atoms with Crippen LogP contribution in [0.1, 0.15) is 149 Å². The lowest BCUT2D eigenvalue weighted by atomic mass is 9.85. The molecule has 0 bridgehead atoms. The molecule has 1 rings (SSSR count). The van der Waals surface area contributed by atoms with E-state index in [4.69, 9.17) is 18.5 Å². The number of allylic oxidation sites excluding steroid dienone is 13. The zero-order chi connectivity index (χ0) is 47.3. The minimum absolute atomic E-state index is 0.0551. The molecule has 0 aromatic carbocycles. The number of phosphoric ester groups is 1. The van der Waals surface area contributed by atoms with Crippen LogP contribution in [0.25, 0.3) is 0 Å². The van der Waals surface area contributed by atoms with Gasteiger partial charge in [-0.15, -0.1) is 0 Å². The van der Waals surface area contributed by atoms with Crippen molar-refractivity contribution in [2.45, 2.75) is 198 Å². The molecule has 0 heterocycles. The monoisotopic (exact) mass is 925 g/mol. The Labute approximate surface area is 382 Å². The average molecular weight is 925 g/mol. The van der Waals surface area contributed by atoms with E-state index in [2.05, 4.69) is 74.6 Å². The summed E-state index contributed by atoms with van der Waals surface area (Å²) in [5, 5.41) is 60.3.